The van der Waals surface area contributed by atoms with E-state index in [2.05, 4.69) is 0 Å². The molecule has 1 aromatic carbocycles. The van der Waals surface area contributed by atoms with Crippen molar-refractivity contribution in [3.05, 3.63) is 34.9 Å². The van der Waals surface area contributed by atoms with Gasteiger partial charge in [-0.05, 0) is 17.9 Å². The van der Waals surface area contributed by atoms with Gasteiger partial charge in [0.05, 0.1) is 24.6 Å². The molecule has 0 aliphatic carbocycles. The Bertz CT molecular complexity index is 736. The summed E-state index contributed by atoms with van der Waals surface area (Å²) in [5, 5.41) is 0. The molecule has 1 saturated heterocycles. The minimum Gasteiger partial charge on any atom is -0.458 e. The summed E-state index contributed by atoms with van der Waals surface area (Å²) in [5.41, 5.74) is 2.32. The Balaban J connectivity index is 1.65. The number of nitrogens with zero attached hydrogens (tertiary/aromatic N) is 1. The van der Waals surface area contributed by atoms with Crippen molar-refractivity contribution in [3.8, 4) is 0 Å². The minimum atomic E-state index is -0.376. The maximum Gasteiger partial charge on any atom is 0.339 e. The van der Waals surface area contributed by atoms with Crippen molar-refractivity contribution in [1.29, 1.82) is 0 Å². The lowest BCUT2D eigenvalue weighted by atomic mass is 9.90. The Morgan fingerprint density at radius 1 is 1.27 bits per heavy atom. The van der Waals surface area contributed by atoms with Gasteiger partial charge in [0.15, 0.2) is 0 Å². The Kier molecular flexibility index (Phi) is 5.03. The number of fused-ring (bicyclic) bond motifs is 1. The average Bonchev–Trinajstić information content (AvgIpc) is 2.88. The second-order valence-corrected chi connectivity index (χ2v) is 7.54. The molecule has 0 spiro atoms. The van der Waals surface area contributed by atoms with E-state index >= 15 is 0 Å². The van der Waals surface area contributed by atoms with Crippen LogP contribution in [0.1, 0.15) is 55.3 Å². The molecule has 1 amide bonds. The van der Waals surface area contributed by atoms with E-state index in [0.29, 0.717) is 25.1 Å². The van der Waals surface area contributed by atoms with E-state index < -0.39 is 0 Å². The summed E-state index contributed by atoms with van der Waals surface area (Å²) >= 11 is 0. The number of carbonyl (C=O) groups excluding carboxylic acids is 3. The number of esters is 2. The Labute approximate surface area is 153 Å². The molecule has 6 nitrogen and oxygen atoms in total. The molecule has 3 rings (SSSR count). The molecule has 2 aliphatic heterocycles. The molecule has 2 heterocycles. The van der Waals surface area contributed by atoms with Gasteiger partial charge >= 0.3 is 11.9 Å². The van der Waals surface area contributed by atoms with E-state index in [0.717, 1.165) is 11.1 Å². The topological polar surface area (TPSA) is 72.9 Å². The first-order valence-corrected chi connectivity index (χ1v) is 9.06. The van der Waals surface area contributed by atoms with Crippen LogP contribution in [0.5, 0.6) is 0 Å². The number of rotatable bonds is 5. The third-order valence-electron chi connectivity index (χ3n) is 5.04. The standard InChI is InChI=1S/C20H25NO5/c1-11(2)18-16-7-5-6-14(17(16)20(24)26-18)8-12(3)19(23)25-15-9-21(10-15)13(4)22/h5-7,11-12,15,18H,8-10H2,1-4H3. The van der Waals surface area contributed by atoms with Crippen LogP contribution in [0.15, 0.2) is 18.2 Å². The van der Waals surface area contributed by atoms with E-state index in [-0.39, 0.29) is 41.9 Å². The molecule has 0 bridgehead atoms. The van der Waals surface area contributed by atoms with Crippen molar-refractivity contribution in [1.82, 2.24) is 4.90 Å². The van der Waals surface area contributed by atoms with Gasteiger partial charge in [0.1, 0.15) is 12.2 Å². The molecule has 26 heavy (non-hydrogen) atoms. The zero-order valence-electron chi connectivity index (χ0n) is 15.7. The van der Waals surface area contributed by atoms with Crippen molar-refractivity contribution in [2.24, 2.45) is 11.8 Å². The van der Waals surface area contributed by atoms with Crippen LogP contribution in [-0.4, -0.2) is 41.9 Å². The van der Waals surface area contributed by atoms with Crippen LogP contribution in [0.2, 0.25) is 0 Å². The van der Waals surface area contributed by atoms with Crippen molar-refractivity contribution in [3.63, 3.8) is 0 Å². The van der Waals surface area contributed by atoms with E-state index in [1.165, 1.54) is 6.92 Å². The first kappa shape index (κ1) is 18.4. The molecule has 0 radical (unpaired) electrons. The Hall–Kier alpha value is -2.37. The lowest BCUT2D eigenvalue weighted by molar-refractivity contribution is -0.166. The smallest absolute Gasteiger partial charge is 0.339 e. The molecular formula is C20H25NO5. The highest BCUT2D eigenvalue weighted by Gasteiger charge is 2.36. The summed E-state index contributed by atoms with van der Waals surface area (Å²) in [6.45, 7) is 8.24. The van der Waals surface area contributed by atoms with E-state index in [1.54, 1.807) is 11.8 Å². The van der Waals surface area contributed by atoms with Crippen molar-refractivity contribution in [2.45, 2.75) is 46.3 Å². The molecule has 2 unspecified atom stereocenters. The third-order valence-corrected chi connectivity index (χ3v) is 5.04. The summed E-state index contributed by atoms with van der Waals surface area (Å²) in [6, 6.07) is 5.69. The first-order chi connectivity index (χ1) is 12.3. The van der Waals surface area contributed by atoms with Crippen LogP contribution in [0.25, 0.3) is 0 Å². The highest BCUT2D eigenvalue weighted by molar-refractivity contribution is 5.96. The van der Waals surface area contributed by atoms with Crippen molar-refractivity contribution < 1.29 is 23.9 Å². The molecule has 2 atom stereocenters. The van der Waals surface area contributed by atoms with Gasteiger partial charge in [-0.25, -0.2) is 4.79 Å². The summed E-state index contributed by atoms with van der Waals surface area (Å²) in [4.78, 5) is 37.5. The largest absolute Gasteiger partial charge is 0.458 e. The quantitative estimate of drug-likeness (QED) is 0.755. The lowest BCUT2D eigenvalue weighted by Gasteiger charge is -2.38. The number of hydrogen-bond donors (Lipinski definition) is 0. The van der Waals surface area contributed by atoms with E-state index in [1.807, 2.05) is 32.0 Å². The number of likely N-dealkylation sites (tertiary alicyclic amines) is 1. The zero-order chi connectivity index (χ0) is 19.0. The monoisotopic (exact) mass is 359 g/mol. The van der Waals surface area contributed by atoms with Crippen LogP contribution in [0.4, 0.5) is 0 Å². The molecule has 2 aliphatic rings. The zero-order valence-corrected chi connectivity index (χ0v) is 15.7. The predicted molar refractivity (Wildman–Crippen MR) is 94.4 cm³/mol. The number of ether oxygens (including phenoxy) is 2. The highest BCUT2D eigenvalue weighted by atomic mass is 16.6. The SMILES string of the molecule is CC(=O)N1CC(OC(=O)C(C)Cc2cccc3c2C(=O)OC3C(C)C)C1. The van der Waals surface area contributed by atoms with Gasteiger partial charge in [0.2, 0.25) is 5.91 Å². The van der Waals surface area contributed by atoms with Crippen LogP contribution in [0, 0.1) is 11.8 Å². The van der Waals surface area contributed by atoms with Crippen LogP contribution in [0.3, 0.4) is 0 Å². The van der Waals surface area contributed by atoms with E-state index in [9.17, 15) is 14.4 Å². The molecule has 6 heteroatoms. The van der Waals surface area contributed by atoms with Gasteiger partial charge in [-0.15, -0.1) is 0 Å². The maximum absolute atomic E-state index is 12.3. The summed E-state index contributed by atoms with van der Waals surface area (Å²) < 4.78 is 11.0. The number of carbonyl (C=O) groups is 3. The number of hydrogen-bond acceptors (Lipinski definition) is 5. The van der Waals surface area contributed by atoms with Crippen LogP contribution in [-0.2, 0) is 25.5 Å². The van der Waals surface area contributed by atoms with Gasteiger partial charge in [-0.2, -0.15) is 0 Å². The molecular weight excluding hydrogens is 334 g/mol. The van der Waals surface area contributed by atoms with E-state index in [4.69, 9.17) is 9.47 Å². The van der Waals surface area contributed by atoms with Crippen molar-refractivity contribution in [2.75, 3.05) is 13.1 Å². The maximum atomic E-state index is 12.3. The molecule has 1 fully saturated rings. The molecule has 1 aromatic rings. The van der Waals surface area contributed by atoms with Gasteiger partial charge in [0.25, 0.3) is 0 Å². The lowest BCUT2D eigenvalue weighted by Crippen LogP contribution is -2.55. The van der Waals surface area contributed by atoms with Crippen LogP contribution >= 0.6 is 0 Å². The van der Waals surface area contributed by atoms with Crippen LogP contribution < -0.4 is 0 Å². The summed E-state index contributed by atoms with van der Waals surface area (Å²) in [7, 11) is 0. The number of amides is 1. The highest BCUT2D eigenvalue weighted by Crippen LogP contribution is 2.38. The second-order valence-electron chi connectivity index (χ2n) is 7.54. The average molecular weight is 359 g/mol. The molecule has 140 valence electrons. The van der Waals surface area contributed by atoms with Gasteiger partial charge in [0, 0.05) is 12.5 Å². The minimum absolute atomic E-state index is 0.0107. The van der Waals surface area contributed by atoms with Crippen molar-refractivity contribution >= 4 is 17.8 Å². The fourth-order valence-electron chi connectivity index (χ4n) is 3.47. The summed E-state index contributed by atoms with van der Waals surface area (Å²) in [5.74, 6) is -0.809. The third kappa shape index (κ3) is 3.45. The Morgan fingerprint density at radius 3 is 2.58 bits per heavy atom. The van der Waals surface area contributed by atoms with Gasteiger partial charge in [-0.3, -0.25) is 9.59 Å². The van der Waals surface area contributed by atoms with Gasteiger partial charge in [-0.1, -0.05) is 39.0 Å². The normalized spacial score (nSPS) is 20.4. The first-order valence-electron chi connectivity index (χ1n) is 9.06. The summed E-state index contributed by atoms with van der Waals surface area (Å²) in [6.07, 6.45) is -0.0386. The number of benzene rings is 1. The Morgan fingerprint density at radius 2 is 1.96 bits per heavy atom. The second kappa shape index (κ2) is 7.09. The molecule has 0 N–H and O–H groups in total. The fraction of sp³-hybridized carbons (Fsp3) is 0.550. The fourth-order valence-corrected chi connectivity index (χ4v) is 3.47. The van der Waals surface area contributed by atoms with Gasteiger partial charge < -0.3 is 14.4 Å². The number of cyclic esters (lactones) is 1. The molecule has 0 saturated carbocycles. The predicted octanol–water partition coefficient (Wildman–Crippen LogP) is 2.51. The molecule has 0 aromatic heterocycles.